The lowest BCUT2D eigenvalue weighted by Crippen LogP contribution is -2.32. The number of amides is 1. The molecule has 2 heterocycles. The van der Waals surface area contributed by atoms with Gasteiger partial charge in [0.2, 0.25) is 12.1 Å². The van der Waals surface area contributed by atoms with Gasteiger partial charge in [-0.05, 0) is 26.3 Å². The number of carbonyl (C=O) groups is 1. The molecule has 0 bridgehead atoms. The van der Waals surface area contributed by atoms with Gasteiger partial charge in [-0.25, -0.2) is 15.0 Å². The highest BCUT2D eigenvalue weighted by Gasteiger charge is 2.52. The fourth-order valence-corrected chi connectivity index (χ4v) is 4.67. The van der Waals surface area contributed by atoms with Crippen molar-refractivity contribution in [2.75, 3.05) is 25.1 Å². The van der Waals surface area contributed by atoms with Crippen molar-refractivity contribution < 1.29 is 23.1 Å². The van der Waals surface area contributed by atoms with Gasteiger partial charge in [-0.2, -0.15) is 0 Å². The minimum absolute atomic E-state index is 0.00400. The van der Waals surface area contributed by atoms with Gasteiger partial charge in [-0.1, -0.05) is 18.5 Å². The predicted octanol–water partition coefficient (Wildman–Crippen LogP) is 3.51. The Labute approximate surface area is 162 Å². The molecule has 0 saturated heterocycles. The van der Waals surface area contributed by atoms with E-state index in [4.69, 9.17) is 25.4 Å². The first-order chi connectivity index (χ1) is 13.0. The van der Waals surface area contributed by atoms with Crippen LogP contribution in [0.3, 0.4) is 0 Å². The van der Waals surface area contributed by atoms with Crippen LogP contribution in [0, 0.1) is 0 Å². The normalized spacial score (nSPS) is 19.2. The average molecular weight is 417 g/mol. The van der Waals surface area contributed by atoms with Crippen molar-refractivity contribution in [1.29, 1.82) is 0 Å². The van der Waals surface area contributed by atoms with Gasteiger partial charge in [-0.3, -0.25) is 9.36 Å². The number of nitrogens with zero attached hydrogens (tertiary/aromatic N) is 3. The molecule has 1 aromatic heterocycles. The van der Waals surface area contributed by atoms with E-state index in [1.165, 1.54) is 18.6 Å². The topological polar surface area (TPSA) is 112 Å². The first-order valence-electron chi connectivity index (χ1n) is 8.49. The highest BCUT2D eigenvalue weighted by molar-refractivity contribution is 7.58. The Kier molecular flexibility index (Phi) is 7.64. The number of rotatable bonds is 11. The van der Waals surface area contributed by atoms with Crippen LogP contribution >= 0.6 is 19.2 Å². The predicted molar refractivity (Wildman–Crippen MR) is 102 cm³/mol. The van der Waals surface area contributed by atoms with Gasteiger partial charge in [0.15, 0.2) is 5.15 Å². The molecule has 0 spiro atoms. The first kappa shape index (κ1) is 21.7. The molecule has 1 aromatic rings. The van der Waals surface area contributed by atoms with E-state index < -0.39 is 13.3 Å². The van der Waals surface area contributed by atoms with Crippen LogP contribution in [0.15, 0.2) is 22.7 Å². The molecule has 1 N–H and O–H groups in total. The molecular formula is C16H22ClN4O5P. The smallest absolute Gasteiger partial charge is 0.344 e. The molecule has 2 rings (SSSR count). The zero-order valence-electron chi connectivity index (χ0n) is 15.3. The number of aromatic nitrogens is 2. The summed E-state index contributed by atoms with van der Waals surface area (Å²) in [6.45, 7) is 5.91. The molecule has 1 unspecified atom stereocenters. The lowest BCUT2D eigenvalue weighted by molar-refractivity contribution is -0.105. The van der Waals surface area contributed by atoms with Crippen molar-refractivity contribution in [1.82, 2.24) is 9.97 Å². The molecule has 1 aliphatic heterocycles. The maximum absolute atomic E-state index is 13.5. The Balaban J connectivity index is 2.69. The van der Waals surface area contributed by atoms with Crippen LogP contribution in [0.25, 0.3) is 0 Å². The highest BCUT2D eigenvalue weighted by atomic mass is 35.5. The van der Waals surface area contributed by atoms with Gasteiger partial charge in [0.05, 0.1) is 19.8 Å². The molecule has 148 valence electrons. The molecule has 1 amide bonds. The lowest BCUT2D eigenvalue weighted by atomic mass is 10.1. The summed E-state index contributed by atoms with van der Waals surface area (Å²) in [7, 11) is -3.76. The third kappa shape index (κ3) is 4.28. The quantitative estimate of drug-likeness (QED) is 0.333. The fourth-order valence-electron chi connectivity index (χ4n) is 2.60. The van der Waals surface area contributed by atoms with E-state index in [1.54, 1.807) is 13.8 Å². The van der Waals surface area contributed by atoms with Gasteiger partial charge in [0.25, 0.3) is 0 Å². The van der Waals surface area contributed by atoms with E-state index in [-0.39, 0.29) is 41.7 Å². The van der Waals surface area contributed by atoms with Crippen molar-refractivity contribution >= 4 is 37.5 Å². The number of hydrogen-bond acceptors (Lipinski definition) is 8. The lowest BCUT2D eigenvalue weighted by Gasteiger charge is -2.33. The summed E-state index contributed by atoms with van der Waals surface area (Å²) in [6.07, 6.45) is 5.27. The highest BCUT2D eigenvalue weighted by Crippen LogP contribution is 2.64. The van der Waals surface area contributed by atoms with E-state index in [0.717, 1.165) is 0 Å². The van der Waals surface area contributed by atoms with Crippen LogP contribution in [-0.2, 0) is 28.9 Å². The molecule has 1 aliphatic rings. The number of nitrogens with one attached hydrogen (secondary N) is 1. The standard InChI is InChI=1S/C16H22ClN4O5P/c1-4-9-24-16(14-13(20-11-22)15(17)19-10-18-14)12(7-8-21-16)27(23,25-5-2)26-6-3/h7-8,10-11H,4-6,9H2,1-3H3,(H,20,22). The summed E-state index contributed by atoms with van der Waals surface area (Å²) in [5.41, 5.74) is -1.37. The fraction of sp³-hybridized carbons (Fsp3) is 0.500. The Bertz CT molecular complexity index is 778. The summed E-state index contributed by atoms with van der Waals surface area (Å²) < 4.78 is 30.5. The third-order valence-electron chi connectivity index (χ3n) is 3.57. The Morgan fingerprint density at radius 3 is 2.56 bits per heavy atom. The van der Waals surface area contributed by atoms with E-state index in [1.807, 2.05) is 6.92 Å². The minimum Gasteiger partial charge on any atom is -0.344 e. The van der Waals surface area contributed by atoms with E-state index in [0.29, 0.717) is 12.8 Å². The molecule has 27 heavy (non-hydrogen) atoms. The molecule has 0 fully saturated rings. The number of ether oxygens (including phenoxy) is 1. The van der Waals surface area contributed by atoms with Crippen molar-refractivity contribution in [2.24, 2.45) is 4.99 Å². The number of aliphatic imine (C=N–C) groups is 1. The molecule has 0 aliphatic carbocycles. The van der Waals surface area contributed by atoms with Crippen molar-refractivity contribution in [3.63, 3.8) is 0 Å². The van der Waals surface area contributed by atoms with Crippen LogP contribution in [0.5, 0.6) is 0 Å². The number of hydrogen-bond donors (Lipinski definition) is 1. The molecule has 0 radical (unpaired) electrons. The molecule has 1 atom stereocenters. The van der Waals surface area contributed by atoms with Crippen molar-refractivity contribution in [3.8, 4) is 0 Å². The molecular weight excluding hydrogens is 395 g/mol. The summed E-state index contributed by atoms with van der Waals surface area (Å²) in [4.78, 5) is 23.6. The van der Waals surface area contributed by atoms with Gasteiger partial charge < -0.3 is 19.1 Å². The minimum atomic E-state index is -3.76. The molecule has 11 heteroatoms. The second-order valence-corrected chi connectivity index (χ2v) is 7.66. The van der Waals surface area contributed by atoms with Gasteiger partial charge in [-0.15, -0.1) is 0 Å². The number of carbonyl (C=O) groups excluding carboxylic acids is 1. The summed E-state index contributed by atoms with van der Waals surface area (Å²) >= 11 is 6.14. The van der Waals surface area contributed by atoms with Crippen LogP contribution in [-0.4, -0.2) is 42.4 Å². The second-order valence-electron chi connectivity index (χ2n) is 5.31. The van der Waals surface area contributed by atoms with Gasteiger partial charge in [0, 0.05) is 6.21 Å². The Morgan fingerprint density at radius 1 is 1.26 bits per heavy atom. The molecule has 0 saturated carbocycles. The maximum atomic E-state index is 13.5. The molecule has 0 aromatic carbocycles. The van der Waals surface area contributed by atoms with Crippen LogP contribution in [0.2, 0.25) is 5.15 Å². The van der Waals surface area contributed by atoms with E-state index in [9.17, 15) is 9.36 Å². The van der Waals surface area contributed by atoms with Crippen LogP contribution < -0.4 is 5.32 Å². The Hall–Kier alpha value is -1.64. The number of anilines is 1. The second kappa shape index (κ2) is 9.52. The zero-order valence-corrected chi connectivity index (χ0v) is 17.0. The summed E-state index contributed by atoms with van der Waals surface area (Å²) in [6, 6.07) is 0. The number of halogens is 1. The third-order valence-corrected chi connectivity index (χ3v) is 6.09. The monoisotopic (exact) mass is 416 g/mol. The van der Waals surface area contributed by atoms with Crippen molar-refractivity contribution in [2.45, 2.75) is 32.9 Å². The average Bonchev–Trinajstić information content (AvgIpc) is 3.08. The number of allylic oxidation sites excluding steroid dienone is 1. The SMILES string of the molecule is CCCOC1(c2ncnc(Cl)c2NC=O)N=CC=C1P(=O)(OCC)OCC. The van der Waals surface area contributed by atoms with E-state index in [2.05, 4.69) is 20.3 Å². The largest absolute Gasteiger partial charge is 0.362 e. The van der Waals surface area contributed by atoms with E-state index >= 15 is 0 Å². The Morgan fingerprint density at radius 2 is 1.96 bits per heavy atom. The molecule has 9 nitrogen and oxygen atoms in total. The first-order valence-corrected chi connectivity index (χ1v) is 10.4. The van der Waals surface area contributed by atoms with Crippen molar-refractivity contribution in [3.05, 3.63) is 28.6 Å². The summed E-state index contributed by atoms with van der Waals surface area (Å²) in [5, 5.41) is 2.63. The van der Waals surface area contributed by atoms with Gasteiger partial charge in [0.1, 0.15) is 23.0 Å². The van der Waals surface area contributed by atoms with Crippen LogP contribution in [0.1, 0.15) is 32.9 Å². The summed E-state index contributed by atoms with van der Waals surface area (Å²) in [5.74, 6) is 0. The van der Waals surface area contributed by atoms with Gasteiger partial charge >= 0.3 is 7.60 Å². The van der Waals surface area contributed by atoms with Crippen LogP contribution in [0.4, 0.5) is 5.69 Å². The zero-order chi connectivity index (χ0) is 19.9. The maximum Gasteiger partial charge on any atom is 0.362 e.